The predicted octanol–water partition coefficient (Wildman–Crippen LogP) is 13.5. The molecule has 0 aliphatic rings. The third-order valence-corrected chi connectivity index (χ3v) is 10.1. The summed E-state index contributed by atoms with van der Waals surface area (Å²) in [5.74, 6) is 0.673. The summed E-state index contributed by atoms with van der Waals surface area (Å²) in [5, 5.41) is 4.54. The average Bonchev–Trinajstić information content (AvgIpc) is 3.62. The van der Waals surface area contributed by atoms with Crippen molar-refractivity contribution in [1.82, 2.24) is 9.97 Å². The second kappa shape index (κ2) is 12.9. The summed E-state index contributed by atoms with van der Waals surface area (Å²) in [6.45, 7) is 0. The van der Waals surface area contributed by atoms with Gasteiger partial charge in [0.2, 0.25) is 0 Å². The van der Waals surface area contributed by atoms with Gasteiger partial charge in [-0.05, 0) is 92.7 Å². The Morgan fingerprint density at radius 3 is 1.66 bits per heavy atom. The molecule has 10 aromatic rings. The van der Waals surface area contributed by atoms with Crippen LogP contribution in [0.5, 0.6) is 0 Å². The van der Waals surface area contributed by atoms with Crippen LogP contribution in [0.15, 0.2) is 199 Å². The van der Waals surface area contributed by atoms with Crippen molar-refractivity contribution in [3.63, 3.8) is 0 Å². The SMILES string of the molecule is c1ccc(-c2cccc(-c3cc(-c4ccc5oc6ccccc6c5c4)cc(-c4nc(-c5ccccc5)cc(-c5cccc6ccccc56)n4)c3)c2)cc1. The molecular formula is C50H32N2O. The van der Waals surface area contributed by atoms with E-state index in [4.69, 9.17) is 14.4 Å². The number of benzene rings is 8. The van der Waals surface area contributed by atoms with Crippen molar-refractivity contribution in [3.8, 4) is 67.3 Å². The molecule has 2 aromatic heterocycles. The lowest BCUT2D eigenvalue weighted by atomic mass is 9.93. The van der Waals surface area contributed by atoms with Crippen LogP contribution in [0.25, 0.3) is 100.0 Å². The summed E-state index contributed by atoms with van der Waals surface area (Å²) >= 11 is 0. The maximum Gasteiger partial charge on any atom is 0.160 e. The predicted molar refractivity (Wildman–Crippen MR) is 219 cm³/mol. The van der Waals surface area contributed by atoms with Gasteiger partial charge < -0.3 is 4.42 Å². The summed E-state index contributed by atoms with van der Waals surface area (Å²) in [5.41, 5.74) is 13.3. The minimum Gasteiger partial charge on any atom is -0.456 e. The highest BCUT2D eigenvalue weighted by molar-refractivity contribution is 6.06. The largest absolute Gasteiger partial charge is 0.456 e. The lowest BCUT2D eigenvalue weighted by Gasteiger charge is -2.14. The van der Waals surface area contributed by atoms with Crippen LogP contribution < -0.4 is 0 Å². The molecule has 0 aliphatic carbocycles. The molecule has 0 unspecified atom stereocenters. The third-order valence-electron chi connectivity index (χ3n) is 10.1. The van der Waals surface area contributed by atoms with Gasteiger partial charge >= 0.3 is 0 Å². The molecule has 0 radical (unpaired) electrons. The molecule has 0 fully saturated rings. The van der Waals surface area contributed by atoms with Crippen LogP contribution in [-0.4, -0.2) is 9.97 Å². The van der Waals surface area contributed by atoms with Gasteiger partial charge in [0, 0.05) is 27.5 Å². The zero-order valence-corrected chi connectivity index (χ0v) is 28.8. The highest BCUT2D eigenvalue weighted by atomic mass is 16.3. The molecule has 0 atom stereocenters. The van der Waals surface area contributed by atoms with Crippen LogP contribution >= 0.6 is 0 Å². The molecule has 248 valence electrons. The number of nitrogens with zero attached hydrogens (tertiary/aromatic N) is 2. The first-order valence-electron chi connectivity index (χ1n) is 17.9. The molecule has 53 heavy (non-hydrogen) atoms. The van der Waals surface area contributed by atoms with Crippen molar-refractivity contribution in [2.24, 2.45) is 0 Å². The zero-order valence-electron chi connectivity index (χ0n) is 28.8. The fraction of sp³-hybridized carbons (Fsp3) is 0. The molecule has 2 heterocycles. The zero-order chi connectivity index (χ0) is 35.1. The molecule has 0 saturated heterocycles. The lowest BCUT2D eigenvalue weighted by Crippen LogP contribution is -1.97. The standard InChI is InChI=1S/C50H32N2O/c1-3-13-33(14-4-1)36-19-11-20-37(27-36)39-28-40(38-25-26-49-45(31-38)44-22-9-10-24-48(44)53-49)30-41(29-39)50-51-46(35-16-5-2-6-17-35)32-47(52-50)43-23-12-18-34-15-7-8-21-42(34)43/h1-32H. The van der Waals surface area contributed by atoms with Crippen molar-refractivity contribution in [1.29, 1.82) is 0 Å². The number of hydrogen-bond acceptors (Lipinski definition) is 3. The molecule has 10 rings (SSSR count). The monoisotopic (exact) mass is 676 g/mol. The van der Waals surface area contributed by atoms with E-state index in [-0.39, 0.29) is 0 Å². The topological polar surface area (TPSA) is 38.9 Å². The highest BCUT2D eigenvalue weighted by Crippen LogP contribution is 2.38. The van der Waals surface area contributed by atoms with Crippen LogP contribution in [-0.2, 0) is 0 Å². The van der Waals surface area contributed by atoms with Gasteiger partial charge in [-0.25, -0.2) is 9.97 Å². The summed E-state index contributed by atoms with van der Waals surface area (Å²) in [4.78, 5) is 10.6. The minimum atomic E-state index is 0.673. The Labute approximate surface area is 307 Å². The maximum absolute atomic E-state index is 6.21. The van der Waals surface area contributed by atoms with Gasteiger partial charge in [0.25, 0.3) is 0 Å². The van der Waals surface area contributed by atoms with Gasteiger partial charge in [-0.3, -0.25) is 0 Å². The van der Waals surface area contributed by atoms with Gasteiger partial charge in [0.1, 0.15) is 11.2 Å². The number of aromatic nitrogens is 2. The quantitative estimate of drug-likeness (QED) is 0.176. The molecule has 3 nitrogen and oxygen atoms in total. The number of furan rings is 1. The summed E-state index contributed by atoms with van der Waals surface area (Å²) in [6.07, 6.45) is 0. The van der Waals surface area contributed by atoms with E-state index in [2.05, 4.69) is 176 Å². The van der Waals surface area contributed by atoms with Gasteiger partial charge in [0.15, 0.2) is 5.82 Å². The van der Waals surface area contributed by atoms with Gasteiger partial charge in [-0.15, -0.1) is 0 Å². The fourth-order valence-corrected chi connectivity index (χ4v) is 7.42. The summed E-state index contributed by atoms with van der Waals surface area (Å²) in [6, 6.07) is 68.1. The van der Waals surface area contributed by atoms with E-state index in [0.717, 1.165) is 77.7 Å². The van der Waals surface area contributed by atoms with Crippen LogP contribution in [0, 0.1) is 0 Å². The normalized spacial score (nSPS) is 11.4. The van der Waals surface area contributed by atoms with E-state index < -0.39 is 0 Å². The Balaban J connectivity index is 1.21. The molecule has 0 aliphatic heterocycles. The molecule has 0 bridgehead atoms. The first-order valence-corrected chi connectivity index (χ1v) is 17.9. The van der Waals surface area contributed by atoms with Crippen molar-refractivity contribution >= 4 is 32.7 Å². The van der Waals surface area contributed by atoms with Gasteiger partial charge in [0.05, 0.1) is 11.4 Å². The lowest BCUT2D eigenvalue weighted by molar-refractivity contribution is 0.669. The Kier molecular flexibility index (Phi) is 7.47. The van der Waals surface area contributed by atoms with Crippen molar-refractivity contribution in [3.05, 3.63) is 194 Å². The van der Waals surface area contributed by atoms with Gasteiger partial charge in [-0.2, -0.15) is 0 Å². The Morgan fingerprint density at radius 1 is 0.302 bits per heavy atom. The second-order valence-electron chi connectivity index (χ2n) is 13.4. The first-order chi connectivity index (χ1) is 26.2. The van der Waals surface area contributed by atoms with E-state index in [1.54, 1.807) is 0 Å². The summed E-state index contributed by atoms with van der Waals surface area (Å²) < 4.78 is 6.21. The van der Waals surface area contributed by atoms with Crippen LogP contribution in [0.4, 0.5) is 0 Å². The maximum atomic E-state index is 6.21. The first kappa shape index (κ1) is 30.7. The molecule has 0 N–H and O–H groups in total. The number of rotatable bonds is 6. The molecule has 3 heteroatoms. The molecular weight excluding hydrogens is 645 g/mol. The van der Waals surface area contributed by atoms with E-state index >= 15 is 0 Å². The molecule has 0 saturated carbocycles. The number of fused-ring (bicyclic) bond motifs is 4. The average molecular weight is 677 g/mol. The Bertz CT molecular complexity index is 2940. The molecule has 0 spiro atoms. The number of para-hydroxylation sites is 1. The fourth-order valence-electron chi connectivity index (χ4n) is 7.42. The van der Waals surface area contributed by atoms with E-state index in [1.165, 1.54) is 16.5 Å². The van der Waals surface area contributed by atoms with E-state index in [0.29, 0.717) is 5.82 Å². The van der Waals surface area contributed by atoms with E-state index in [1.807, 2.05) is 18.2 Å². The van der Waals surface area contributed by atoms with Crippen LogP contribution in [0.3, 0.4) is 0 Å². The molecule has 0 amide bonds. The van der Waals surface area contributed by atoms with Gasteiger partial charge in [-0.1, -0.05) is 146 Å². The third kappa shape index (κ3) is 5.75. The van der Waals surface area contributed by atoms with Crippen LogP contribution in [0.2, 0.25) is 0 Å². The van der Waals surface area contributed by atoms with Crippen molar-refractivity contribution in [2.45, 2.75) is 0 Å². The Morgan fingerprint density at radius 2 is 0.849 bits per heavy atom. The highest BCUT2D eigenvalue weighted by Gasteiger charge is 2.16. The summed E-state index contributed by atoms with van der Waals surface area (Å²) in [7, 11) is 0. The number of hydrogen-bond donors (Lipinski definition) is 0. The van der Waals surface area contributed by atoms with Crippen molar-refractivity contribution in [2.75, 3.05) is 0 Å². The minimum absolute atomic E-state index is 0.673. The molecule has 8 aromatic carbocycles. The Hall–Kier alpha value is -7.10. The van der Waals surface area contributed by atoms with Crippen molar-refractivity contribution < 1.29 is 4.42 Å². The van der Waals surface area contributed by atoms with Crippen LogP contribution in [0.1, 0.15) is 0 Å². The van der Waals surface area contributed by atoms with E-state index in [9.17, 15) is 0 Å². The second-order valence-corrected chi connectivity index (χ2v) is 13.4. The smallest absolute Gasteiger partial charge is 0.160 e.